The zero-order valence-corrected chi connectivity index (χ0v) is 23.1. The van der Waals surface area contributed by atoms with Gasteiger partial charge in [-0.15, -0.1) is 0 Å². The van der Waals surface area contributed by atoms with E-state index < -0.39 is 34.6 Å². The number of hydrogen-bond acceptors (Lipinski definition) is 10. The molecule has 0 aliphatic rings. The molecule has 4 aromatic rings. The summed E-state index contributed by atoms with van der Waals surface area (Å²) in [6, 6.07) is 16.2. The van der Waals surface area contributed by atoms with E-state index in [2.05, 4.69) is 0 Å². The number of phenols is 2. The number of ether oxygens (including phenoxy) is 4. The number of methoxy groups -OCH3 is 4. The van der Waals surface area contributed by atoms with Crippen molar-refractivity contribution < 1.29 is 48.3 Å². The van der Waals surface area contributed by atoms with Crippen LogP contribution in [0.15, 0.2) is 72.8 Å². The first-order chi connectivity index (χ1) is 20.1. The lowest BCUT2D eigenvalue weighted by Gasteiger charge is -2.11. The van der Waals surface area contributed by atoms with Gasteiger partial charge in [0.1, 0.15) is 11.5 Å². The third-order valence-electron chi connectivity index (χ3n) is 6.51. The Bertz CT molecular complexity index is 1590. The summed E-state index contributed by atoms with van der Waals surface area (Å²) in [5, 5.41) is 21.3. The second kappa shape index (κ2) is 12.3. The van der Waals surface area contributed by atoms with Gasteiger partial charge in [0.25, 0.3) is 0 Å². The van der Waals surface area contributed by atoms with Crippen molar-refractivity contribution in [3.8, 4) is 45.6 Å². The van der Waals surface area contributed by atoms with Crippen LogP contribution in [0.2, 0.25) is 0 Å². The van der Waals surface area contributed by atoms with Gasteiger partial charge in [-0.2, -0.15) is 0 Å². The average molecular weight is 571 g/mol. The van der Waals surface area contributed by atoms with Crippen LogP contribution in [0.3, 0.4) is 0 Å². The van der Waals surface area contributed by atoms with Gasteiger partial charge in [0.15, 0.2) is 23.0 Å². The Morgan fingerprint density at radius 3 is 1.00 bits per heavy atom. The van der Waals surface area contributed by atoms with Gasteiger partial charge in [-0.25, -0.2) is 0 Å². The Hall–Kier alpha value is -5.64. The van der Waals surface area contributed by atoms with E-state index in [9.17, 15) is 29.4 Å². The Kier molecular flexibility index (Phi) is 8.56. The van der Waals surface area contributed by atoms with E-state index in [1.54, 1.807) is 0 Å². The first-order valence-corrected chi connectivity index (χ1v) is 12.4. The molecular formula is C32H26O10. The highest BCUT2D eigenvalue weighted by atomic mass is 16.5. The number of carbonyl (C=O) groups excluding carboxylic acids is 4. The minimum Gasteiger partial charge on any atom is -0.507 e. The van der Waals surface area contributed by atoms with Gasteiger partial charge in [0.2, 0.25) is 23.1 Å². The molecule has 0 spiro atoms. The number of benzene rings is 4. The SMILES string of the molecule is COc1ccc(C(=O)C(=O)c2ccc(-c3ccc(C(=O)C(=O)c4ccc(OC)c(OC)c4)cc3O)c(O)c2)cc1OC. The van der Waals surface area contributed by atoms with Gasteiger partial charge in [-0.3, -0.25) is 19.2 Å². The smallest absolute Gasteiger partial charge is 0.233 e. The Morgan fingerprint density at radius 2 is 0.714 bits per heavy atom. The van der Waals surface area contributed by atoms with Crippen molar-refractivity contribution in [2.75, 3.05) is 28.4 Å². The van der Waals surface area contributed by atoms with Crippen LogP contribution in [0.5, 0.6) is 34.5 Å². The summed E-state index contributed by atoms with van der Waals surface area (Å²) in [6.07, 6.45) is 0. The van der Waals surface area contributed by atoms with Crippen molar-refractivity contribution in [3.63, 3.8) is 0 Å². The molecule has 10 heteroatoms. The second-order valence-electron chi connectivity index (χ2n) is 8.92. The normalized spacial score (nSPS) is 10.5. The standard InChI is InChI=1S/C32H26O10/c1-39-25-11-7-19(15-27(25)41-3)31(37)29(35)17-5-9-21(23(33)13-17)22-10-6-18(14-24(22)34)30(36)32(38)20-8-12-26(40-2)28(16-20)42-4/h5-16,33-34H,1-4H3. The minimum absolute atomic E-state index is 0.0711. The minimum atomic E-state index is -0.872. The van der Waals surface area contributed by atoms with E-state index in [1.807, 2.05) is 0 Å². The van der Waals surface area contributed by atoms with Crippen molar-refractivity contribution in [2.24, 2.45) is 0 Å². The molecule has 10 nitrogen and oxygen atoms in total. The second-order valence-corrected chi connectivity index (χ2v) is 8.92. The third kappa shape index (κ3) is 5.64. The largest absolute Gasteiger partial charge is 0.507 e. The monoisotopic (exact) mass is 570 g/mol. The molecule has 0 saturated heterocycles. The van der Waals surface area contributed by atoms with Gasteiger partial charge < -0.3 is 29.2 Å². The predicted octanol–water partition coefficient (Wildman–Crippen LogP) is 4.93. The van der Waals surface area contributed by atoms with Gasteiger partial charge >= 0.3 is 0 Å². The molecule has 4 rings (SSSR count). The molecule has 0 atom stereocenters. The van der Waals surface area contributed by atoms with Crippen molar-refractivity contribution in [1.29, 1.82) is 0 Å². The Morgan fingerprint density at radius 1 is 0.429 bits per heavy atom. The molecule has 42 heavy (non-hydrogen) atoms. The molecule has 4 aromatic carbocycles. The maximum Gasteiger partial charge on any atom is 0.233 e. The van der Waals surface area contributed by atoms with E-state index in [4.69, 9.17) is 18.9 Å². The lowest BCUT2D eigenvalue weighted by Crippen LogP contribution is -2.15. The van der Waals surface area contributed by atoms with E-state index in [0.29, 0.717) is 11.5 Å². The van der Waals surface area contributed by atoms with Gasteiger partial charge in [-0.05, 0) is 60.7 Å². The summed E-state index contributed by atoms with van der Waals surface area (Å²) in [5.41, 5.74) is 0.245. The molecule has 0 fully saturated rings. The highest BCUT2D eigenvalue weighted by Gasteiger charge is 2.24. The molecule has 0 bridgehead atoms. The highest BCUT2D eigenvalue weighted by Crippen LogP contribution is 2.37. The van der Waals surface area contributed by atoms with Crippen LogP contribution in [0.4, 0.5) is 0 Å². The van der Waals surface area contributed by atoms with Gasteiger partial charge in [-0.1, -0.05) is 12.1 Å². The number of phenolic OH excluding ortho intramolecular Hbond substituents is 2. The van der Waals surface area contributed by atoms with Crippen LogP contribution in [0.25, 0.3) is 11.1 Å². The quantitative estimate of drug-likeness (QED) is 0.188. The first kappa shape index (κ1) is 29.3. The molecule has 0 aliphatic carbocycles. The number of ketones is 4. The fourth-order valence-corrected chi connectivity index (χ4v) is 4.28. The predicted molar refractivity (Wildman–Crippen MR) is 152 cm³/mol. The molecular weight excluding hydrogens is 544 g/mol. The summed E-state index contributed by atoms with van der Waals surface area (Å²) < 4.78 is 20.7. The molecule has 0 unspecified atom stereocenters. The van der Waals surface area contributed by atoms with Crippen LogP contribution in [0, 0.1) is 0 Å². The van der Waals surface area contributed by atoms with Crippen LogP contribution >= 0.6 is 0 Å². The van der Waals surface area contributed by atoms with Crippen molar-refractivity contribution in [3.05, 3.63) is 95.1 Å². The molecule has 0 saturated carbocycles. The lowest BCUT2D eigenvalue weighted by molar-refractivity contribution is 0.0816. The number of hydrogen-bond donors (Lipinski definition) is 2. The zero-order chi connectivity index (χ0) is 30.6. The molecule has 0 aliphatic heterocycles. The topological polar surface area (TPSA) is 146 Å². The van der Waals surface area contributed by atoms with Crippen LogP contribution in [-0.2, 0) is 0 Å². The van der Waals surface area contributed by atoms with E-state index in [1.165, 1.54) is 89.1 Å². The molecule has 214 valence electrons. The molecule has 0 radical (unpaired) electrons. The van der Waals surface area contributed by atoms with E-state index in [0.717, 1.165) is 12.1 Å². The van der Waals surface area contributed by atoms with E-state index >= 15 is 0 Å². The Balaban J connectivity index is 1.56. The lowest BCUT2D eigenvalue weighted by atomic mass is 9.95. The number of aromatic hydroxyl groups is 2. The summed E-state index contributed by atoms with van der Waals surface area (Å²) in [5.74, 6) is -2.85. The summed E-state index contributed by atoms with van der Waals surface area (Å²) in [4.78, 5) is 51.4. The average Bonchev–Trinajstić information content (AvgIpc) is 3.02. The summed E-state index contributed by atoms with van der Waals surface area (Å²) in [6.45, 7) is 0. The maximum absolute atomic E-state index is 12.9. The van der Waals surface area contributed by atoms with Gasteiger partial charge in [0.05, 0.1) is 28.4 Å². The van der Waals surface area contributed by atoms with Gasteiger partial charge in [0, 0.05) is 33.4 Å². The van der Waals surface area contributed by atoms with Crippen molar-refractivity contribution in [1.82, 2.24) is 0 Å². The van der Waals surface area contributed by atoms with E-state index in [-0.39, 0.29) is 44.9 Å². The molecule has 0 aromatic heterocycles. The molecule has 2 N–H and O–H groups in total. The zero-order valence-electron chi connectivity index (χ0n) is 23.1. The molecule has 0 amide bonds. The van der Waals surface area contributed by atoms with Crippen LogP contribution < -0.4 is 18.9 Å². The molecule has 0 heterocycles. The van der Waals surface area contributed by atoms with Crippen LogP contribution in [-0.4, -0.2) is 61.8 Å². The fourth-order valence-electron chi connectivity index (χ4n) is 4.28. The summed E-state index contributed by atoms with van der Waals surface area (Å²) in [7, 11) is 5.69. The summed E-state index contributed by atoms with van der Waals surface area (Å²) >= 11 is 0. The van der Waals surface area contributed by atoms with Crippen molar-refractivity contribution >= 4 is 23.1 Å². The Labute approximate surface area is 240 Å². The van der Waals surface area contributed by atoms with Crippen molar-refractivity contribution in [2.45, 2.75) is 0 Å². The third-order valence-corrected chi connectivity index (χ3v) is 6.51. The first-order valence-electron chi connectivity index (χ1n) is 12.4. The number of Topliss-reactive ketones (excluding diaryl/α,β-unsaturated/α-hetero) is 4. The number of carbonyl (C=O) groups is 4. The van der Waals surface area contributed by atoms with Crippen LogP contribution in [0.1, 0.15) is 41.4 Å². The fraction of sp³-hybridized carbons (Fsp3) is 0.125. The highest BCUT2D eigenvalue weighted by molar-refractivity contribution is 6.50. The maximum atomic E-state index is 12.9. The number of rotatable bonds is 11.